The van der Waals surface area contributed by atoms with E-state index in [2.05, 4.69) is 10.1 Å². The topological polar surface area (TPSA) is 130 Å². The number of carbonyl (C=O) groups excluding carboxylic acids is 4. The second kappa shape index (κ2) is 16.1. The Morgan fingerprint density at radius 3 is 2.45 bits per heavy atom. The smallest absolute Gasteiger partial charge is 0.305 e. The Labute approximate surface area is 289 Å². The molecule has 1 aliphatic heterocycles. The van der Waals surface area contributed by atoms with Crippen LogP contribution in [0.5, 0.6) is 11.5 Å². The molecule has 1 aliphatic rings. The summed E-state index contributed by atoms with van der Waals surface area (Å²) in [7, 11) is 4.23. The first kappa shape index (κ1) is 37.1. The third-order valence-electron chi connectivity index (χ3n) is 7.90. The Balaban J connectivity index is 1.75. The Bertz CT molecular complexity index is 1710. The number of nitrogens with zero attached hydrogens (tertiary/aromatic N) is 1. The van der Waals surface area contributed by atoms with Crippen molar-refractivity contribution < 1.29 is 47.3 Å². The maximum absolute atomic E-state index is 14.5. The molecule has 0 unspecified atom stereocenters. The van der Waals surface area contributed by atoms with Crippen molar-refractivity contribution >= 4 is 46.7 Å². The molecule has 49 heavy (non-hydrogen) atoms. The second-order valence-electron chi connectivity index (χ2n) is 12.3. The Morgan fingerprint density at radius 1 is 1.02 bits per heavy atom. The van der Waals surface area contributed by atoms with Gasteiger partial charge in [0.2, 0.25) is 5.91 Å². The number of esters is 2. The van der Waals surface area contributed by atoms with Crippen LogP contribution in [0.4, 0.5) is 15.8 Å². The van der Waals surface area contributed by atoms with Crippen LogP contribution < -0.4 is 19.7 Å². The van der Waals surface area contributed by atoms with Crippen molar-refractivity contribution in [3.05, 3.63) is 82.1 Å². The lowest BCUT2D eigenvalue weighted by Gasteiger charge is -2.33. The standard InChI is InChI=1S/C36H40ClFN2O9/c1-21(41)48-20-36(2,3)19-40-28-14-11-23(37)17-26(28)33(25-8-7-9-29(45-4)34(25)47-6)49-30(35(40)44)18-31(42)39-24-12-13-27(38)22(16-24)10-15-32(43)46-5/h7-9,11-14,16-17,30,33H,10,15,18-20H2,1-6H3,(H,39,42)/t30-,33-/m1/s1. The predicted molar refractivity (Wildman–Crippen MR) is 180 cm³/mol. The number of fused-ring (bicyclic) bond motifs is 1. The number of hydrogen-bond acceptors (Lipinski definition) is 9. The van der Waals surface area contributed by atoms with Gasteiger partial charge in [0.1, 0.15) is 18.0 Å². The number of carbonyl (C=O) groups is 4. The molecule has 1 heterocycles. The lowest BCUT2D eigenvalue weighted by Crippen LogP contribution is -2.46. The number of para-hydroxylation sites is 1. The molecule has 11 nitrogen and oxygen atoms in total. The first-order valence-corrected chi connectivity index (χ1v) is 15.9. The lowest BCUT2D eigenvalue weighted by molar-refractivity contribution is -0.144. The molecular weight excluding hydrogens is 659 g/mol. The van der Waals surface area contributed by atoms with E-state index >= 15 is 0 Å². The van der Waals surface area contributed by atoms with Gasteiger partial charge in [-0.05, 0) is 54.4 Å². The molecular formula is C36H40ClFN2O9. The number of anilines is 2. The fourth-order valence-electron chi connectivity index (χ4n) is 5.56. The molecule has 4 rings (SSSR count). The fourth-order valence-corrected chi connectivity index (χ4v) is 5.74. The van der Waals surface area contributed by atoms with Gasteiger partial charge in [-0.3, -0.25) is 19.2 Å². The molecule has 2 amide bonds. The first-order valence-electron chi connectivity index (χ1n) is 15.5. The van der Waals surface area contributed by atoms with Crippen molar-refractivity contribution in [2.45, 2.75) is 52.2 Å². The molecule has 0 aliphatic carbocycles. The number of amides is 2. The largest absolute Gasteiger partial charge is 0.493 e. The van der Waals surface area contributed by atoms with Crippen molar-refractivity contribution in [1.82, 2.24) is 0 Å². The number of rotatable bonds is 13. The molecule has 0 radical (unpaired) electrons. The van der Waals surface area contributed by atoms with E-state index in [1.54, 1.807) is 36.4 Å². The van der Waals surface area contributed by atoms with Gasteiger partial charge in [0.25, 0.3) is 5.91 Å². The molecule has 0 spiro atoms. The third kappa shape index (κ3) is 9.27. The summed E-state index contributed by atoms with van der Waals surface area (Å²) in [6.07, 6.45) is -2.67. The highest BCUT2D eigenvalue weighted by atomic mass is 35.5. The minimum absolute atomic E-state index is 0.0249. The molecule has 13 heteroatoms. The van der Waals surface area contributed by atoms with E-state index in [1.165, 1.54) is 51.4 Å². The van der Waals surface area contributed by atoms with Crippen LogP contribution in [0.3, 0.4) is 0 Å². The van der Waals surface area contributed by atoms with Gasteiger partial charge in [0.15, 0.2) is 11.5 Å². The van der Waals surface area contributed by atoms with Gasteiger partial charge in [-0.15, -0.1) is 0 Å². The van der Waals surface area contributed by atoms with Gasteiger partial charge in [-0.2, -0.15) is 0 Å². The zero-order valence-corrected chi connectivity index (χ0v) is 29.0. The van der Waals surface area contributed by atoms with Crippen LogP contribution in [0, 0.1) is 11.2 Å². The van der Waals surface area contributed by atoms with Crippen molar-refractivity contribution in [3.8, 4) is 11.5 Å². The normalized spacial score (nSPS) is 15.9. The van der Waals surface area contributed by atoms with Gasteiger partial charge in [0.05, 0.1) is 34.4 Å². The molecule has 1 N–H and O–H groups in total. The highest BCUT2D eigenvalue weighted by Gasteiger charge is 2.41. The van der Waals surface area contributed by atoms with Crippen LogP contribution in [-0.4, -0.2) is 64.3 Å². The van der Waals surface area contributed by atoms with E-state index < -0.39 is 53.6 Å². The number of halogens is 2. The van der Waals surface area contributed by atoms with Gasteiger partial charge < -0.3 is 33.9 Å². The summed E-state index contributed by atoms with van der Waals surface area (Å²) >= 11 is 6.51. The maximum Gasteiger partial charge on any atom is 0.305 e. The number of nitrogens with one attached hydrogen (secondary N) is 1. The molecule has 3 aromatic carbocycles. The highest BCUT2D eigenvalue weighted by Crippen LogP contribution is 2.45. The van der Waals surface area contributed by atoms with Crippen molar-refractivity contribution in [1.29, 1.82) is 0 Å². The Morgan fingerprint density at radius 2 is 1.78 bits per heavy atom. The van der Waals surface area contributed by atoms with Gasteiger partial charge in [-0.25, -0.2) is 4.39 Å². The van der Waals surface area contributed by atoms with E-state index in [-0.39, 0.29) is 37.2 Å². The molecule has 262 valence electrons. The fraction of sp³-hybridized carbons (Fsp3) is 0.389. The SMILES string of the molecule is COC(=O)CCc1cc(NC(=O)C[C@H]2O[C@H](c3cccc(OC)c3OC)c3cc(Cl)ccc3N(CC(C)(C)COC(C)=O)C2=O)ccc1F. The van der Waals surface area contributed by atoms with Gasteiger partial charge in [-0.1, -0.05) is 37.6 Å². The quantitative estimate of drug-likeness (QED) is 0.212. The average Bonchev–Trinajstić information content (AvgIpc) is 3.17. The van der Waals surface area contributed by atoms with Crippen LogP contribution in [0.25, 0.3) is 0 Å². The van der Waals surface area contributed by atoms with E-state index in [1.807, 2.05) is 13.8 Å². The Kier molecular flexibility index (Phi) is 12.2. The summed E-state index contributed by atoms with van der Waals surface area (Å²) in [5.41, 5.74) is 1.31. The number of aryl methyl sites for hydroxylation is 1. The summed E-state index contributed by atoms with van der Waals surface area (Å²) in [4.78, 5) is 52.8. The minimum Gasteiger partial charge on any atom is -0.493 e. The molecule has 0 aromatic heterocycles. The zero-order valence-electron chi connectivity index (χ0n) is 28.3. The lowest BCUT2D eigenvalue weighted by atomic mass is 9.92. The van der Waals surface area contributed by atoms with Crippen LogP contribution in [0.15, 0.2) is 54.6 Å². The van der Waals surface area contributed by atoms with Crippen LogP contribution in [0.2, 0.25) is 5.02 Å². The highest BCUT2D eigenvalue weighted by molar-refractivity contribution is 6.30. The Hall–Kier alpha value is -4.68. The minimum atomic E-state index is -1.32. The molecule has 0 fully saturated rings. The number of benzene rings is 3. The predicted octanol–water partition coefficient (Wildman–Crippen LogP) is 6.04. The van der Waals surface area contributed by atoms with E-state index in [9.17, 15) is 23.6 Å². The summed E-state index contributed by atoms with van der Waals surface area (Å²) in [5, 5.41) is 3.11. The molecule has 2 atom stereocenters. The molecule has 0 bridgehead atoms. The number of ether oxygens (including phenoxy) is 5. The number of methoxy groups -OCH3 is 3. The first-order chi connectivity index (χ1) is 23.3. The zero-order chi connectivity index (χ0) is 35.9. The van der Waals surface area contributed by atoms with Crippen molar-refractivity contribution in [3.63, 3.8) is 0 Å². The van der Waals surface area contributed by atoms with Crippen molar-refractivity contribution in [2.75, 3.05) is 44.7 Å². The van der Waals surface area contributed by atoms with E-state index in [0.717, 1.165) is 0 Å². The average molecular weight is 699 g/mol. The van der Waals surface area contributed by atoms with Crippen LogP contribution >= 0.6 is 11.6 Å². The molecule has 0 saturated carbocycles. The molecule has 0 saturated heterocycles. The summed E-state index contributed by atoms with van der Waals surface area (Å²) in [6, 6.07) is 14.3. The maximum atomic E-state index is 14.5. The monoisotopic (exact) mass is 698 g/mol. The van der Waals surface area contributed by atoms with Crippen molar-refractivity contribution in [2.24, 2.45) is 5.41 Å². The second-order valence-corrected chi connectivity index (χ2v) is 12.7. The summed E-state index contributed by atoms with van der Waals surface area (Å²) in [5.74, 6) is -1.80. The summed E-state index contributed by atoms with van der Waals surface area (Å²) < 4.78 is 42.3. The van der Waals surface area contributed by atoms with Crippen LogP contribution in [-0.2, 0) is 39.8 Å². The third-order valence-corrected chi connectivity index (χ3v) is 8.13. The number of hydrogen-bond donors (Lipinski definition) is 1. The van der Waals surface area contributed by atoms with Gasteiger partial charge >= 0.3 is 11.9 Å². The van der Waals surface area contributed by atoms with E-state index in [0.29, 0.717) is 33.3 Å². The van der Waals surface area contributed by atoms with Gasteiger partial charge in [0, 0.05) is 52.8 Å². The summed E-state index contributed by atoms with van der Waals surface area (Å²) in [6.45, 7) is 5.13. The van der Waals surface area contributed by atoms with Crippen LogP contribution in [0.1, 0.15) is 56.4 Å². The molecule has 3 aromatic rings. The van der Waals surface area contributed by atoms with E-state index in [4.69, 9.17) is 30.5 Å².